The van der Waals surface area contributed by atoms with Crippen LogP contribution in [0.25, 0.3) is 0 Å². The molecule has 6 nitrogen and oxygen atoms in total. The van der Waals surface area contributed by atoms with E-state index >= 15 is 0 Å². The quantitative estimate of drug-likeness (QED) is 0.874. The number of nitrogens with zero attached hydrogens (tertiary/aromatic N) is 1. The highest BCUT2D eigenvalue weighted by atomic mass is 16.5. The topological polar surface area (TPSA) is 78.9 Å². The summed E-state index contributed by atoms with van der Waals surface area (Å²) in [6, 6.07) is 7.18. The first kappa shape index (κ1) is 17.1. The molecule has 0 aromatic heterocycles. The van der Waals surface area contributed by atoms with Crippen molar-refractivity contribution >= 4 is 12.0 Å². The number of hydrogen-bond acceptors (Lipinski definition) is 3. The molecule has 23 heavy (non-hydrogen) atoms. The minimum atomic E-state index is -0.856. The number of hydrogen-bond donors (Lipinski definition) is 2. The average Bonchev–Trinajstić information content (AvgIpc) is 2.92. The first-order valence-electron chi connectivity index (χ1n) is 7.87. The molecule has 126 valence electrons. The fraction of sp³-hybridized carbons (Fsp3) is 0.529. The van der Waals surface area contributed by atoms with Gasteiger partial charge in [-0.3, -0.25) is 4.79 Å². The average molecular weight is 320 g/mol. The van der Waals surface area contributed by atoms with Gasteiger partial charge in [-0.15, -0.1) is 0 Å². The number of carboxylic acids is 1. The molecule has 2 atom stereocenters. The second-order valence-corrected chi connectivity index (χ2v) is 6.21. The highest BCUT2D eigenvalue weighted by Crippen LogP contribution is 2.30. The summed E-state index contributed by atoms with van der Waals surface area (Å²) in [5.74, 6) is -0.0870. The van der Waals surface area contributed by atoms with Crippen LogP contribution in [0.5, 0.6) is 5.75 Å². The van der Waals surface area contributed by atoms with Crippen molar-refractivity contribution in [3.8, 4) is 5.75 Å². The second-order valence-electron chi connectivity index (χ2n) is 6.21. The van der Waals surface area contributed by atoms with Gasteiger partial charge in [-0.1, -0.05) is 12.1 Å². The zero-order valence-electron chi connectivity index (χ0n) is 13.8. The molecule has 2 amide bonds. The molecule has 1 aromatic rings. The van der Waals surface area contributed by atoms with Crippen LogP contribution in [0.15, 0.2) is 24.3 Å². The Balaban J connectivity index is 1.98. The van der Waals surface area contributed by atoms with Gasteiger partial charge in [-0.2, -0.15) is 0 Å². The van der Waals surface area contributed by atoms with Crippen LogP contribution in [-0.4, -0.2) is 41.7 Å². The van der Waals surface area contributed by atoms with E-state index in [1.54, 1.807) is 11.8 Å². The molecule has 1 aromatic carbocycles. The van der Waals surface area contributed by atoms with Gasteiger partial charge in [0.1, 0.15) is 5.75 Å². The molecule has 0 aliphatic carbocycles. The molecule has 1 aliphatic rings. The van der Waals surface area contributed by atoms with E-state index in [2.05, 4.69) is 5.32 Å². The lowest BCUT2D eigenvalue weighted by Gasteiger charge is -2.23. The maximum absolute atomic E-state index is 12.3. The molecule has 0 bridgehead atoms. The number of amides is 2. The lowest BCUT2D eigenvalue weighted by molar-refractivity contribution is -0.147. The molecule has 1 saturated heterocycles. The van der Waals surface area contributed by atoms with Crippen LogP contribution < -0.4 is 10.1 Å². The van der Waals surface area contributed by atoms with E-state index in [0.29, 0.717) is 19.6 Å². The molecule has 2 unspecified atom stereocenters. The van der Waals surface area contributed by atoms with Gasteiger partial charge in [0, 0.05) is 13.1 Å². The molecule has 2 rings (SSSR count). The Hall–Kier alpha value is -2.24. The number of benzene rings is 1. The normalized spacial score (nSPS) is 21.8. The second kappa shape index (κ2) is 6.89. The molecule has 2 N–H and O–H groups in total. The molecule has 0 radical (unpaired) electrons. The maximum atomic E-state index is 12.3. The summed E-state index contributed by atoms with van der Waals surface area (Å²) in [7, 11) is 0. The van der Waals surface area contributed by atoms with Crippen LogP contribution >= 0.6 is 0 Å². The molecule has 1 aliphatic heterocycles. The minimum absolute atomic E-state index is 0.181. The van der Waals surface area contributed by atoms with E-state index < -0.39 is 11.4 Å². The van der Waals surface area contributed by atoms with Gasteiger partial charge in [0.25, 0.3) is 0 Å². The molecule has 1 fully saturated rings. The van der Waals surface area contributed by atoms with Gasteiger partial charge in [-0.05, 0) is 44.9 Å². The number of rotatable bonds is 5. The SMILES string of the molecule is CCOc1cccc(C(C)NC(=O)N2CCC(C)(C(=O)O)C2)c1. The van der Waals surface area contributed by atoms with Crippen LogP contribution in [0, 0.1) is 5.41 Å². The van der Waals surface area contributed by atoms with Crippen molar-refractivity contribution in [2.24, 2.45) is 5.41 Å². The van der Waals surface area contributed by atoms with E-state index in [4.69, 9.17) is 4.74 Å². The van der Waals surface area contributed by atoms with E-state index in [1.165, 1.54) is 0 Å². The zero-order chi connectivity index (χ0) is 17.0. The third-order valence-electron chi connectivity index (χ3n) is 4.29. The summed E-state index contributed by atoms with van der Waals surface area (Å²) >= 11 is 0. The molecular weight excluding hydrogens is 296 g/mol. The van der Waals surface area contributed by atoms with E-state index in [-0.39, 0.29) is 18.6 Å². The van der Waals surface area contributed by atoms with Crippen LogP contribution in [0.4, 0.5) is 4.79 Å². The van der Waals surface area contributed by atoms with Crippen LogP contribution in [0.3, 0.4) is 0 Å². The Morgan fingerprint density at radius 3 is 2.83 bits per heavy atom. The van der Waals surface area contributed by atoms with Gasteiger partial charge < -0.3 is 20.1 Å². The Labute approximate surface area is 136 Å². The number of likely N-dealkylation sites (tertiary alicyclic amines) is 1. The van der Waals surface area contributed by atoms with Crippen molar-refractivity contribution in [3.63, 3.8) is 0 Å². The number of aliphatic carboxylic acids is 1. The Kier molecular flexibility index (Phi) is 5.13. The predicted octanol–water partition coefficient (Wildman–Crippen LogP) is 2.65. The van der Waals surface area contributed by atoms with Gasteiger partial charge in [0.2, 0.25) is 0 Å². The van der Waals surface area contributed by atoms with Crippen molar-refractivity contribution in [3.05, 3.63) is 29.8 Å². The molecule has 0 saturated carbocycles. The number of carboxylic acid groups (broad SMARTS) is 1. The fourth-order valence-electron chi connectivity index (χ4n) is 2.71. The Bertz CT molecular complexity index is 590. The number of nitrogens with one attached hydrogen (secondary N) is 1. The monoisotopic (exact) mass is 320 g/mol. The summed E-state index contributed by atoms with van der Waals surface area (Å²) < 4.78 is 5.47. The summed E-state index contributed by atoms with van der Waals surface area (Å²) in [6.45, 7) is 6.78. The third kappa shape index (κ3) is 3.94. The standard InChI is InChI=1S/C17H24N2O4/c1-4-23-14-7-5-6-13(10-14)12(2)18-16(22)19-9-8-17(3,11-19)15(20)21/h5-7,10,12H,4,8-9,11H2,1-3H3,(H,18,22)(H,20,21). The first-order valence-corrected chi connectivity index (χ1v) is 7.87. The Morgan fingerprint density at radius 1 is 1.48 bits per heavy atom. The maximum Gasteiger partial charge on any atom is 0.317 e. The lowest BCUT2D eigenvalue weighted by atomic mass is 9.90. The number of urea groups is 1. The smallest absolute Gasteiger partial charge is 0.317 e. The van der Waals surface area contributed by atoms with Gasteiger partial charge in [0.15, 0.2) is 0 Å². The third-order valence-corrected chi connectivity index (χ3v) is 4.29. The van der Waals surface area contributed by atoms with Crippen molar-refractivity contribution in [1.82, 2.24) is 10.2 Å². The largest absolute Gasteiger partial charge is 0.494 e. The van der Waals surface area contributed by atoms with Gasteiger partial charge in [-0.25, -0.2) is 4.79 Å². The molecule has 6 heteroatoms. The first-order chi connectivity index (χ1) is 10.9. The lowest BCUT2D eigenvalue weighted by Crippen LogP contribution is -2.41. The zero-order valence-corrected chi connectivity index (χ0v) is 13.8. The van der Waals surface area contributed by atoms with Crippen molar-refractivity contribution in [2.75, 3.05) is 19.7 Å². The summed E-state index contributed by atoms with van der Waals surface area (Å²) in [4.78, 5) is 25.2. The van der Waals surface area contributed by atoms with Crippen LogP contribution in [-0.2, 0) is 4.79 Å². The van der Waals surface area contributed by atoms with Crippen LogP contribution in [0.2, 0.25) is 0 Å². The molecular formula is C17H24N2O4. The molecule has 0 spiro atoms. The van der Waals surface area contributed by atoms with Crippen LogP contribution in [0.1, 0.15) is 38.8 Å². The summed E-state index contributed by atoms with van der Waals surface area (Å²) in [6.07, 6.45) is 0.476. The molecule has 1 heterocycles. The summed E-state index contributed by atoms with van der Waals surface area (Å²) in [5, 5.41) is 12.2. The predicted molar refractivity (Wildman–Crippen MR) is 86.5 cm³/mol. The minimum Gasteiger partial charge on any atom is -0.494 e. The number of carbonyl (C=O) groups excluding carboxylic acids is 1. The van der Waals surface area contributed by atoms with E-state index in [9.17, 15) is 14.7 Å². The fourth-order valence-corrected chi connectivity index (χ4v) is 2.71. The number of carbonyl (C=O) groups is 2. The van der Waals surface area contributed by atoms with E-state index in [1.807, 2.05) is 38.1 Å². The van der Waals surface area contributed by atoms with Crippen molar-refractivity contribution in [1.29, 1.82) is 0 Å². The van der Waals surface area contributed by atoms with Crippen molar-refractivity contribution in [2.45, 2.75) is 33.2 Å². The van der Waals surface area contributed by atoms with E-state index in [0.717, 1.165) is 11.3 Å². The Morgan fingerprint density at radius 2 is 2.22 bits per heavy atom. The highest BCUT2D eigenvalue weighted by molar-refractivity contribution is 5.79. The van der Waals surface area contributed by atoms with Gasteiger partial charge in [0.05, 0.1) is 18.1 Å². The summed E-state index contributed by atoms with van der Waals surface area (Å²) in [5.41, 5.74) is 0.0969. The number of ether oxygens (including phenoxy) is 1. The van der Waals surface area contributed by atoms with Gasteiger partial charge >= 0.3 is 12.0 Å². The van der Waals surface area contributed by atoms with Crippen molar-refractivity contribution < 1.29 is 19.4 Å². The highest BCUT2D eigenvalue weighted by Gasteiger charge is 2.42.